The van der Waals surface area contributed by atoms with Crippen LogP contribution in [-0.4, -0.2) is 158 Å². The molecule has 6 unspecified atom stereocenters. The molecule has 6 atom stereocenters. The molecule has 0 aliphatic heterocycles. The normalized spacial score (nSPS) is 17.8. The summed E-state index contributed by atoms with van der Waals surface area (Å²) in [6.45, 7) is 5.60. The number of hydrogen-bond donors (Lipinski definition) is 7. The maximum absolute atomic E-state index is 9.73. The van der Waals surface area contributed by atoms with E-state index in [0.717, 1.165) is 0 Å². The minimum absolute atomic E-state index is 0.0460. The quantitative estimate of drug-likeness (QED) is 0.0579. The number of rotatable bonds is 27. The summed E-state index contributed by atoms with van der Waals surface area (Å²) in [5, 5.41) is 65.1. The summed E-state index contributed by atoms with van der Waals surface area (Å²) >= 11 is 0. The predicted molar refractivity (Wildman–Crippen MR) is 137 cm³/mol. The number of ether oxygens (including phenoxy) is 6. The first-order chi connectivity index (χ1) is 18.2. The van der Waals surface area contributed by atoms with Crippen LogP contribution in [0.3, 0.4) is 0 Å². The number of aliphatic hydroxyl groups is 7. The summed E-state index contributed by atoms with van der Waals surface area (Å²) in [5.41, 5.74) is 0. The Bertz CT molecular complexity index is 442. The highest BCUT2D eigenvalue weighted by Gasteiger charge is 2.21. The zero-order valence-corrected chi connectivity index (χ0v) is 23.1. The van der Waals surface area contributed by atoms with Crippen LogP contribution in [0.15, 0.2) is 0 Å². The number of aliphatic hydroxyl groups excluding tert-OH is 7. The van der Waals surface area contributed by atoms with Crippen molar-refractivity contribution in [2.24, 2.45) is 11.8 Å². The van der Waals surface area contributed by atoms with Crippen LogP contribution >= 0.6 is 0 Å². The van der Waals surface area contributed by atoms with Crippen molar-refractivity contribution in [3.63, 3.8) is 0 Å². The number of hydrogen-bond acceptors (Lipinski definition) is 13. The molecule has 0 rings (SSSR count). The first-order valence-corrected chi connectivity index (χ1v) is 13.3. The van der Waals surface area contributed by atoms with Gasteiger partial charge in [0.1, 0.15) is 30.5 Å². The highest BCUT2D eigenvalue weighted by Crippen LogP contribution is 2.15. The topological polar surface area (TPSA) is 197 Å². The van der Waals surface area contributed by atoms with Crippen molar-refractivity contribution >= 4 is 0 Å². The molecule has 0 saturated carbocycles. The standard InChI is InChI=1S/C25H52O13/c1-4-20(29)10-33-14-24(15-34-11-21(30)5-26)37-8-19(18(2)3)9-38-25(16-35-12-22(31)6-27)17-36-13-23(32)7-28/h18-32H,4-17H2,1-3H3. The van der Waals surface area contributed by atoms with E-state index in [1.54, 1.807) is 0 Å². The van der Waals surface area contributed by atoms with Crippen molar-refractivity contribution in [2.75, 3.05) is 85.9 Å². The fourth-order valence-electron chi connectivity index (χ4n) is 2.86. The Kier molecular flexibility index (Phi) is 24.0. The summed E-state index contributed by atoms with van der Waals surface area (Å²) in [4.78, 5) is 0. The van der Waals surface area contributed by atoms with E-state index in [-0.39, 0.29) is 71.3 Å². The molecule has 0 amide bonds. The van der Waals surface area contributed by atoms with Crippen LogP contribution in [0.1, 0.15) is 27.2 Å². The predicted octanol–water partition coefficient (Wildman–Crippen LogP) is -2.07. The SMILES string of the molecule is CCC(O)COCC(COCC(O)CO)OCC(COC(COCC(O)CO)COCC(O)CO)C(C)C. The second kappa shape index (κ2) is 24.3. The molecule has 0 heterocycles. The fraction of sp³-hybridized carbons (Fsp3) is 1.00. The lowest BCUT2D eigenvalue weighted by atomic mass is 9.98. The zero-order valence-electron chi connectivity index (χ0n) is 23.1. The molecule has 0 radical (unpaired) electrons. The molecule has 7 N–H and O–H groups in total. The van der Waals surface area contributed by atoms with E-state index in [0.29, 0.717) is 13.0 Å². The van der Waals surface area contributed by atoms with Crippen LogP contribution in [0.4, 0.5) is 0 Å². The Morgan fingerprint density at radius 1 is 0.474 bits per heavy atom. The first kappa shape index (κ1) is 37.5. The van der Waals surface area contributed by atoms with Gasteiger partial charge in [-0.05, 0) is 12.3 Å². The van der Waals surface area contributed by atoms with Gasteiger partial charge in [-0.3, -0.25) is 0 Å². The van der Waals surface area contributed by atoms with E-state index in [4.69, 9.17) is 43.7 Å². The van der Waals surface area contributed by atoms with Gasteiger partial charge >= 0.3 is 0 Å². The highest BCUT2D eigenvalue weighted by molar-refractivity contribution is 4.68. The third-order valence-corrected chi connectivity index (χ3v) is 5.59. The van der Waals surface area contributed by atoms with Crippen LogP contribution in [0.2, 0.25) is 0 Å². The van der Waals surface area contributed by atoms with Crippen LogP contribution in [0, 0.1) is 11.8 Å². The molecule has 0 saturated heterocycles. The average molecular weight is 561 g/mol. The van der Waals surface area contributed by atoms with Crippen molar-refractivity contribution in [1.29, 1.82) is 0 Å². The molecular weight excluding hydrogens is 508 g/mol. The second-order valence-corrected chi connectivity index (χ2v) is 9.64. The largest absolute Gasteiger partial charge is 0.394 e. The fourth-order valence-corrected chi connectivity index (χ4v) is 2.86. The van der Waals surface area contributed by atoms with Crippen molar-refractivity contribution in [2.45, 2.75) is 63.8 Å². The van der Waals surface area contributed by atoms with Crippen molar-refractivity contribution in [1.82, 2.24) is 0 Å². The van der Waals surface area contributed by atoms with E-state index in [9.17, 15) is 20.4 Å². The molecule has 0 spiro atoms. The van der Waals surface area contributed by atoms with Crippen LogP contribution < -0.4 is 0 Å². The molecule has 230 valence electrons. The lowest BCUT2D eigenvalue weighted by Crippen LogP contribution is -2.35. The van der Waals surface area contributed by atoms with E-state index < -0.39 is 56.4 Å². The van der Waals surface area contributed by atoms with Crippen molar-refractivity contribution < 1.29 is 64.2 Å². The van der Waals surface area contributed by atoms with E-state index in [2.05, 4.69) is 0 Å². The lowest BCUT2D eigenvalue weighted by Gasteiger charge is -2.27. The van der Waals surface area contributed by atoms with Gasteiger partial charge in [0.05, 0.1) is 92.0 Å². The molecule has 0 bridgehead atoms. The third kappa shape index (κ3) is 20.4. The zero-order chi connectivity index (χ0) is 28.8. The van der Waals surface area contributed by atoms with Gasteiger partial charge in [-0.15, -0.1) is 0 Å². The van der Waals surface area contributed by atoms with Crippen molar-refractivity contribution in [3.05, 3.63) is 0 Å². The van der Waals surface area contributed by atoms with Crippen LogP contribution in [0.5, 0.6) is 0 Å². The van der Waals surface area contributed by atoms with Gasteiger partial charge in [0.25, 0.3) is 0 Å². The maximum atomic E-state index is 9.73. The molecule has 0 aromatic heterocycles. The molecule has 0 aliphatic rings. The molecule has 13 heteroatoms. The first-order valence-electron chi connectivity index (χ1n) is 13.3. The molecule has 0 fully saturated rings. The van der Waals surface area contributed by atoms with Gasteiger partial charge in [-0.25, -0.2) is 0 Å². The summed E-state index contributed by atoms with van der Waals surface area (Å²) in [6, 6.07) is 0. The smallest absolute Gasteiger partial charge is 0.104 e. The molecule has 13 nitrogen and oxygen atoms in total. The highest BCUT2D eigenvalue weighted by atomic mass is 16.6. The molecule has 0 aromatic rings. The Morgan fingerprint density at radius 3 is 1.05 bits per heavy atom. The molecule has 0 aromatic carbocycles. The minimum Gasteiger partial charge on any atom is -0.394 e. The Morgan fingerprint density at radius 2 is 0.789 bits per heavy atom. The van der Waals surface area contributed by atoms with Gasteiger partial charge in [0.15, 0.2) is 0 Å². The summed E-state index contributed by atoms with van der Waals surface area (Å²) in [5.74, 6) is 0.126. The summed E-state index contributed by atoms with van der Waals surface area (Å²) in [7, 11) is 0. The van der Waals surface area contributed by atoms with Crippen LogP contribution in [-0.2, 0) is 28.4 Å². The molecule has 0 aliphatic carbocycles. The Hall–Kier alpha value is -0.520. The van der Waals surface area contributed by atoms with Crippen LogP contribution in [0.25, 0.3) is 0 Å². The van der Waals surface area contributed by atoms with E-state index >= 15 is 0 Å². The van der Waals surface area contributed by atoms with Gasteiger partial charge in [0, 0.05) is 5.92 Å². The molecular formula is C25H52O13. The van der Waals surface area contributed by atoms with Gasteiger partial charge in [-0.2, -0.15) is 0 Å². The maximum Gasteiger partial charge on any atom is 0.104 e. The van der Waals surface area contributed by atoms with Gasteiger partial charge in [0.2, 0.25) is 0 Å². The van der Waals surface area contributed by atoms with Gasteiger partial charge < -0.3 is 64.2 Å². The Labute approximate surface area is 226 Å². The van der Waals surface area contributed by atoms with E-state index in [1.165, 1.54) is 0 Å². The molecule has 38 heavy (non-hydrogen) atoms. The minimum atomic E-state index is -1.01. The summed E-state index contributed by atoms with van der Waals surface area (Å²) in [6.07, 6.45) is -4.05. The monoisotopic (exact) mass is 560 g/mol. The second-order valence-electron chi connectivity index (χ2n) is 9.64. The Balaban J connectivity index is 4.93. The van der Waals surface area contributed by atoms with E-state index in [1.807, 2.05) is 20.8 Å². The van der Waals surface area contributed by atoms with Crippen molar-refractivity contribution in [3.8, 4) is 0 Å². The summed E-state index contributed by atoms with van der Waals surface area (Å²) < 4.78 is 33.9. The average Bonchev–Trinajstić information content (AvgIpc) is 2.91. The van der Waals surface area contributed by atoms with Gasteiger partial charge in [-0.1, -0.05) is 20.8 Å². The third-order valence-electron chi connectivity index (χ3n) is 5.59. The lowest BCUT2D eigenvalue weighted by molar-refractivity contribution is -0.117.